The van der Waals surface area contributed by atoms with Crippen LogP contribution in [0, 0.1) is 0 Å². The number of hydrogen-bond donors (Lipinski definition) is 0. The molecule has 1 aliphatic rings. The first-order chi connectivity index (χ1) is 13.1. The zero-order valence-corrected chi connectivity index (χ0v) is 16.6. The Kier molecular flexibility index (Phi) is 6.61. The number of amides is 1. The van der Waals surface area contributed by atoms with Crippen molar-refractivity contribution in [1.29, 1.82) is 0 Å². The molecule has 0 saturated carbocycles. The van der Waals surface area contributed by atoms with Crippen molar-refractivity contribution in [3.8, 4) is 0 Å². The first-order valence-electron chi connectivity index (χ1n) is 10.1. The molecule has 1 aromatic heterocycles. The van der Waals surface area contributed by atoms with Crippen LogP contribution in [0.3, 0.4) is 0 Å². The lowest BCUT2D eigenvalue weighted by Gasteiger charge is -2.36. The van der Waals surface area contributed by atoms with Crippen molar-refractivity contribution in [3.63, 3.8) is 0 Å². The van der Waals surface area contributed by atoms with Gasteiger partial charge in [0.2, 0.25) is 5.89 Å². The molecule has 1 atom stereocenters. The number of benzene rings is 1. The first kappa shape index (κ1) is 19.5. The van der Waals surface area contributed by atoms with Crippen LogP contribution in [0.25, 0.3) is 0 Å². The molecule has 6 heteroatoms. The second-order valence-corrected chi connectivity index (χ2v) is 7.21. The van der Waals surface area contributed by atoms with Gasteiger partial charge in [0.25, 0.3) is 5.91 Å². The minimum Gasteiger partial charge on any atom is -0.338 e. The summed E-state index contributed by atoms with van der Waals surface area (Å²) in [6, 6.07) is 8.03. The SMILES string of the molecule is CCCCc1noc(C(C)N2CCN(C(=O)c3ccc(CC)cc3)CC2)n1. The van der Waals surface area contributed by atoms with E-state index in [-0.39, 0.29) is 11.9 Å². The number of rotatable bonds is 7. The highest BCUT2D eigenvalue weighted by atomic mass is 16.5. The first-order valence-corrected chi connectivity index (χ1v) is 10.1. The third kappa shape index (κ3) is 4.75. The molecular weight excluding hydrogens is 340 g/mol. The molecule has 0 spiro atoms. The molecule has 1 fully saturated rings. The minimum atomic E-state index is 0.0777. The Morgan fingerprint density at radius 1 is 1.15 bits per heavy atom. The lowest BCUT2D eigenvalue weighted by Crippen LogP contribution is -2.49. The molecule has 3 rings (SSSR count). The highest BCUT2D eigenvalue weighted by Crippen LogP contribution is 2.21. The summed E-state index contributed by atoms with van der Waals surface area (Å²) in [7, 11) is 0. The van der Waals surface area contributed by atoms with Crippen molar-refractivity contribution < 1.29 is 9.32 Å². The van der Waals surface area contributed by atoms with Crippen LogP contribution in [-0.4, -0.2) is 52.0 Å². The van der Waals surface area contributed by atoms with Gasteiger partial charge in [0.05, 0.1) is 6.04 Å². The lowest BCUT2D eigenvalue weighted by atomic mass is 10.1. The highest BCUT2D eigenvalue weighted by molar-refractivity contribution is 5.94. The van der Waals surface area contributed by atoms with Crippen LogP contribution < -0.4 is 0 Å². The monoisotopic (exact) mass is 370 g/mol. The van der Waals surface area contributed by atoms with Gasteiger partial charge in [-0.05, 0) is 37.5 Å². The molecule has 1 unspecified atom stereocenters. The van der Waals surface area contributed by atoms with Crippen LogP contribution >= 0.6 is 0 Å². The molecule has 1 aromatic carbocycles. The zero-order valence-electron chi connectivity index (χ0n) is 16.6. The van der Waals surface area contributed by atoms with Crippen molar-refractivity contribution in [2.45, 2.75) is 52.5 Å². The third-order valence-corrected chi connectivity index (χ3v) is 5.35. The van der Waals surface area contributed by atoms with Crippen LogP contribution in [-0.2, 0) is 12.8 Å². The number of carbonyl (C=O) groups is 1. The van der Waals surface area contributed by atoms with E-state index in [0.29, 0.717) is 5.89 Å². The Hall–Kier alpha value is -2.21. The summed E-state index contributed by atoms with van der Waals surface area (Å²) in [6.07, 6.45) is 4.05. The Morgan fingerprint density at radius 2 is 1.85 bits per heavy atom. The van der Waals surface area contributed by atoms with E-state index in [1.165, 1.54) is 5.56 Å². The van der Waals surface area contributed by atoms with Crippen molar-refractivity contribution in [2.75, 3.05) is 26.2 Å². The van der Waals surface area contributed by atoms with Crippen molar-refractivity contribution >= 4 is 5.91 Å². The van der Waals surface area contributed by atoms with E-state index in [4.69, 9.17) is 4.52 Å². The summed E-state index contributed by atoms with van der Waals surface area (Å²) < 4.78 is 5.46. The van der Waals surface area contributed by atoms with Gasteiger partial charge in [-0.2, -0.15) is 4.98 Å². The van der Waals surface area contributed by atoms with Gasteiger partial charge in [0.1, 0.15) is 0 Å². The van der Waals surface area contributed by atoms with Crippen LogP contribution in [0.5, 0.6) is 0 Å². The Morgan fingerprint density at radius 3 is 2.48 bits per heavy atom. The number of aromatic nitrogens is 2. The quantitative estimate of drug-likeness (QED) is 0.746. The summed E-state index contributed by atoms with van der Waals surface area (Å²) in [5.41, 5.74) is 2.02. The van der Waals surface area contributed by atoms with E-state index < -0.39 is 0 Å². The van der Waals surface area contributed by atoms with Gasteiger partial charge < -0.3 is 9.42 Å². The van der Waals surface area contributed by atoms with Gasteiger partial charge in [-0.1, -0.05) is 37.6 Å². The minimum absolute atomic E-state index is 0.0777. The van der Waals surface area contributed by atoms with Crippen molar-refractivity contribution in [3.05, 3.63) is 47.1 Å². The van der Waals surface area contributed by atoms with E-state index in [1.807, 2.05) is 29.2 Å². The number of nitrogens with zero attached hydrogens (tertiary/aromatic N) is 4. The molecule has 2 aromatic rings. The summed E-state index contributed by atoms with van der Waals surface area (Å²) in [6.45, 7) is 9.43. The van der Waals surface area contributed by atoms with E-state index in [9.17, 15) is 4.79 Å². The number of aryl methyl sites for hydroxylation is 2. The molecule has 2 heterocycles. The maximum atomic E-state index is 12.7. The summed E-state index contributed by atoms with van der Waals surface area (Å²) in [5.74, 6) is 1.59. The van der Waals surface area contributed by atoms with Crippen LogP contribution in [0.4, 0.5) is 0 Å². The van der Waals surface area contributed by atoms with Crippen molar-refractivity contribution in [1.82, 2.24) is 19.9 Å². The summed E-state index contributed by atoms with van der Waals surface area (Å²) >= 11 is 0. The zero-order chi connectivity index (χ0) is 19.2. The number of piperazine rings is 1. The molecule has 0 bridgehead atoms. The molecule has 146 valence electrons. The van der Waals surface area contributed by atoms with Gasteiger partial charge in [0, 0.05) is 38.2 Å². The second-order valence-electron chi connectivity index (χ2n) is 7.21. The fraction of sp³-hybridized carbons (Fsp3) is 0.571. The molecule has 0 radical (unpaired) electrons. The largest absolute Gasteiger partial charge is 0.338 e. The van der Waals surface area contributed by atoms with Crippen LogP contribution in [0.15, 0.2) is 28.8 Å². The number of carbonyl (C=O) groups excluding carboxylic acids is 1. The van der Waals surface area contributed by atoms with Gasteiger partial charge >= 0.3 is 0 Å². The average molecular weight is 370 g/mol. The van der Waals surface area contributed by atoms with Gasteiger partial charge in [-0.15, -0.1) is 0 Å². The topological polar surface area (TPSA) is 62.5 Å². The molecule has 1 saturated heterocycles. The normalized spacial score (nSPS) is 16.5. The summed E-state index contributed by atoms with van der Waals surface area (Å²) in [5, 5.41) is 4.09. The van der Waals surface area contributed by atoms with Crippen LogP contribution in [0.2, 0.25) is 0 Å². The van der Waals surface area contributed by atoms with Gasteiger partial charge in [-0.3, -0.25) is 9.69 Å². The van der Waals surface area contributed by atoms with E-state index >= 15 is 0 Å². The van der Waals surface area contributed by atoms with Crippen LogP contribution in [0.1, 0.15) is 67.3 Å². The maximum absolute atomic E-state index is 12.7. The fourth-order valence-corrected chi connectivity index (χ4v) is 3.41. The van der Waals surface area contributed by atoms with E-state index in [0.717, 1.165) is 63.3 Å². The molecule has 27 heavy (non-hydrogen) atoms. The maximum Gasteiger partial charge on any atom is 0.253 e. The molecule has 6 nitrogen and oxygen atoms in total. The summed E-state index contributed by atoms with van der Waals surface area (Å²) in [4.78, 5) is 21.5. The Balaban J connectivity index is 1.54. The van der Waals surface area contributed by atoms with E-state index in [1.54, 1.807) is 0 Å². The smallest absolute Gasteiger partial charge is 0.253 e. The average Bonchev–Trinajstić information content (AvgIpc) is 3.20. The lowest BCUT2D eigenvalue weighted by molar-refractivity contribution is 0.0551. The predicted octanol–water partition coefficient (Wildman–Crippen LogP) is 3.49. The Bertz CT molecular complexity index is 733. The molecule has 1 aliphatic heterocycles. The number of unbranched alkanes of at least 4 members (excludes halogenated alkanes) is 1. The highest BCUT2D eigenvalue weighted by Gasteiger charge is 2.28. The van der Waals surface area contributed by atoms with Gasteiger partial charge in [0.15, 0.2) is 5.82 Å². The third-order valence-electron chi connectivity index (χ3n) is 5.35. The molecular formula is C21H30N4O2. The molecule has 0 aliphatic carbocycles. The molecule has 1 amide bonds. The second kappa shape index (κ2) is 9.13. The van der Waals surface area contributed by atoms with Gasteiger partial charge in [-0.25, -0.2) is 0 Å². The van der Waals surface area contributed by atoms with Crippen molar-refractivity contribution in [2.24, 2.45) is 0 Å². The predicted molar refractivity (Wildman–Crippen MR) is 105 cm³/mol. The molecule has 0 N–H and O–H groups in total. The fourth-order valence-electron chi connectivity index (χ4n) is 3.41. The standard InChI is InChI=1S/C21H30N4O2/c1-4-6-7-19-22-20(27-23-19)16(3)24-12-14-25(15-13-24)21(26)18-10-8-17(5-2)9-11-18/h8-11,16H,4-7,12-15H2,1-3H3. The Labute approximate surface area is 161 Å². The van der Waals surface area contributed by atoms with E-state index in [2.05, 4.69) is 35.8 Å². The number of hydrogen-bond acceptors (Lipinski definition) is 5.